The molecule has 22 heavy (non-hydrogen) atoms. The Morgan fingerprint density at radius 3 is 2.59 bits per heavy atom. The van der Waals surface area contributed by atoms with E-state index in [1.165, 1.54) is 0 Å². The highest BCUT2D eigenvalue weighted by molar-refractivity contribution is 5.85. The average Bonchev–Trinajstić information content (AvgIpc) is 2.88. The number of H-pyrrole nitrogens is 1. The molecule has 0 aliphatic heterocycles. The van der Waals surface area contributed by atoms with Gasteiger partial charge in [0.15, 0.2) is 0 Å². The van der Waals surface area contributed by atoms with Crippen molar-refractivity contribution in [3.63, 3.8) is 0 Å². The second-order valence-electron chi connectivity index (χ2n) is 4.93. The standard InChI is InChI=1S/C15H22N4O.2ClH/c16-10-6-2-1-3-9-15(20)17-11-14-18-12-7-4-5-8-13(12)19-14;;/h4-5,7-8H,1-3,6,9-11,16H2,(H,17,20)(H,18,19);2*1H. The van der Waals surface area contributed by atoms with E-state index in [2.05, 4.69) is 15.3 Å². The zero-order valence-corrected chi connectivity index (χ0v) is 14.1. The van der Waals surface area contributed by atoms with E-state index in [-0.39, 0.29) is 30.7 Å². The van der Waals surface area contributed by atoms with Crippen LogP contribution in [0.4, 0.5) is 0 Å². The molecule has 5 nitrogen and oxygen atoms in total. The normalized spacial score (nSPS) is 9.86. The van der Waals surface area contributed by atoms with Gasteiger partial charge >= 0.3 is 0 Å². The summed E-state index contributed by atoms with van der Waals surface area (Å²) in [5.74, 6) is 0.876. The fourth-order valence-electron chi connectivity index (χ4n) is 2.14. The van der Waals surface area contributed by atoms with Gasteiger partial charge in [0.2, 0.25) is 5.91 Å². The third-order valence-corrected chi connectivity index (χ3v) is 3.25. The van der Waals surface area contributed by atoms with Crippen molar-refractivity contribution in [1.29, 1.82) is 0 Å². The Morgan fingerprint density at radius 2 is 1.86 bits per heavy atom. The molecule has 7 heteroatoms. The molecule has 0 aliphatic rings. The highest BCUT2D eigenvalue weighted by atomic mass is 35.5. The number of benzene rings is 1. The summed E-state index contributed by atoms with van der Waals surface area (Å²) in [6.45, 7) is 1.19. The molecule has 0 atom stereocenters. The van der Waals surface area contributed by atoms with Crippen molar-refractivity contribution in [3.05, 3.63) is 30.1 Å². The smallest absolute Gasteiger partial charge is 0.220 e. The molecule has 0 bridgehead atoms. The van der Waals surface area contributed by atoms with Crippen molar-refractivity contribution < 1.29 is 4.79 Å². The minimum atomic E-state index is 0. The lowest BCUT2D eigenvalue weighted by Crippen LogP contribution is -2.22. The number of nitrogens with one attached hydrogen (secondary N) is 2. The molecule has 1 amide bonds. The van der Waals surface area contributed by atoms with E-state index in [9.17, 15) is 4.79 Å². The summed E-state index contributed by atoms with van der Waals surface area (Å²) in [5, 5.41) is 2.89. The van der Waals surface area contributed by atoms with E-state index in [0.29, 0.717) is 13.0 Å². The van der Waals surface area contributed by atoms with Crippen LogP contribution >= 0.6 is 24.8 Å². The maximum atomic E-state index is 11.7. The van der Waals surface area contributed by atoms with Crippen LogP contribution in [0.25, 0.3) is 11.0 Å². The van der Waals surface area contributed by atoms with Crippen LogP contribution in [-0.2, 0) is 11.3 Å². The summed E-state index contributed by atoms with van der Waals surface area (Å²) in [4.78, 5) is 19.3. The largest absolute Gasteiger partial charge is 0.349 e. The zero-order chi connectivity index (χ0) is 14.2. The molecule has 4 N–H and O–H groups in total. The Morgan fingerprint density at radius 1 is 1.14 bits per heavy atom. The fraction of sp³-hybridized carbons (Fsp3) is 0.467. The first-order valence-electron chi connectivity index (χ1n) is 7.20. The predicted octanol–water partition coefficient (Wildman–Crippen LogP) is 2.93. The Balaban J connectivity index is 0.00000220. The highest BCUT2D eigenvalue weighted by Crippen LogP contribution is 2.10. The van der Waals surface area contributed by atoms with Crippen molar-refractivity contribution in [3.8, 4) is 0 Å². The Labute approximate surface area is 143 Å². The van der Waals surface area contributed by atoms with E-state index >= 15 is 0 Å². The number of carbonyl (C=O) groups is 1. The molecule has 0 aliphatic carbocycles. The van der Waals surface area contributed by atoms with Crippen molar-refractivity contribution in [1.82, 2.24) is 15.3 Å². The van der Waals surface area contributed by atoms with Gasteiger partial charge in [0, 0.05) is 6.42 Å². The third-order valence-electron chi connectivity index (χ3n) is 3.25. The molecule has 2 rings (SSSR count). The summed E-state index contributed by atoms with van der Waals surface area (Å²) in [5.41, 5.74) is 7.35. The molecule has 0 radical (unpaired) electrons. The van der Waals surface area contributed by atoms with E-state index < -0.39 is 0 Å². The molecule has 0 unspecified atom stereocenters. The maximum absolute atomic E-state index is 11.7. The zero-order valence-electron chi connectivity index (χ0n) is 12.5. The van der Waals surface area contributed by atoms with Gasteiger partial charge in [0.1, 0.15) is 5.82 Å². The van der Waals surface area contributed by atoms with Crippen LogP contribution in [0.1, 0.15) is 37.9 Å². The average molecular weight is 347 g/mol. The van der Waals surface area contributed by atoms with E-state index in [4.69, 9.17) is 5.73 Å². The molecular weight excluding hydrogens is 323 g/mol. The minimum absolute atomic E-state index is 0. The monoisotopic (exact) mass is 346 g/mol. The quantitative estimate of drug-likeness (QED) is 0.642. The number of aromatic amines is 1. The van der Waals surface area contributed by atoms with Gasteiger partial charge in [-0.2, -0.15) is 0 Å². The first-order valence-corrected chi connectivity index (χ1v) is 7.20. The Bertz CT molecular complexity index is 526. The lowest BCUT2D eigenvalue weighted by atomic mass is 10.1. The molecule has 1 aromatic carbocycles. The van der Waals surface area contributed by atoms with Gasteiger partial charge in [-0.25, -0.2) is 4.98 Å². The second-order valence-corrected chi connectivity index (χ2v) is 4.93. The number of unbranched alkanes of at least 4 members (excludes halogenated alkanes) is 3. The van der Waals surface area contributed by atoms with Gasteiger partial charge in [-0.3, -0.25) is 4.79 Å². The first kappa shape index (κ1) is 20.7. The SMILES string of the molecule is Cl.Cl.NCCCCCCC(=O)NCc1nc2ccccc2[nH]1. The van der Waals surface area contributed by atoms with Crippen LogP contribution in [-0.4, -0.2) is 22.4 Å². The van der Waals surface area contributed by atoms with Crippen molar-refractivity contribution in [2.24, 2.45) is 5.73 Å². The third kappa shape index (κ3) is 6.64. The molecule has 0 saturated heterocycles. The van der Waals surface area contributed by atoms with Crippen molar-refractivity contribution in [2.75, 3.05) is 6.54 Å². The van der Waals surface area contributed by atoms with Gasteiger partial charge in [0.25, 0.3) is 0 Å². The van der Waals surface area contributed by atoms with Gasteiger partial charge in [-0.05, 0) is 31.5 Å². The predicted molar refractivity (Wildman–Crippen MR) is 94.6 cm³/mol. The van der Waals surface area contributed by atoms with Crippen molar-refractivity contribution in [2.45, 2.75) is 38.6 Å². The molecule has 0 saturated carbocycles. The first-order chi connectivity index (χ1) is 9.79. The summed E-state index contributed by atoms with van der Waals surface area (Å²) in [7, 11) is 0. The number of carbonyl (C=O) groups excluding carboxylic acids is 1. The number of hydrogen-bond donors (Lipinski definition) is 3. The number of nitrogens with zero attached hydrogens (tertiary/aromatic N) is 1. The lowest BCUT2D eigenvalue weighted by Gasteiger charge is -2.03. The van der Waals surface area contributed by atoms with Gasteiger partial charge in [0.05, 0.1) is 17.6 Å². The lowest BCUT2D eigenvalue weighted by molar-refractivity contribution is -0.121. The fourth-order valence-corrected chi connectivity index (χ4v) is 2.14. The number of imidazole rings is 1. The van der Waals surface area contributed by atoms with Crippen LogP contribution < -0.4 is 11.1 Å². The van der Waals surface area contributed by atoms with E-state index in [1.807, 2.05) is 24.3 Å². The molecule has 2 aromatic rings. The molecule has 1 aromatic heterocycles. The van der Waals surface area contributed by atoms with Crippen LogP contribution in [0.3, 0.4) is 0 Å². The van der Waals surface area contributed by atoms with Crippen molar-refractivity contribution >= 4 is 41.8 Å². The molecular formula is C15H24Cl2N4O. The highest BCUT2D eigenvalue weighted by Gasteiger charge is 2.04. The van der Waals surface area contributed by atoms with Gasteiger partial charge in [-0.15, -0.1) is 24.8 Å². The maximum Gasteiger partial charge on any atom is 0.220 e. The topological polar surface area (TPSA) is 83.8 Å². The van der Waals surface area contributed by atoms with Crippen LogP contribution in [0, 0.1) is 0 Å². The van der Waals surface area contributed by atoms with Crippen LogP contribution in [0.5, 0.6) is 0 Å². The number of nitrogens with two attached hydrogens (primary N) is 1. The van der Waals surface area contributed by atoms with Crippen LogP contribution in [0.15, 0.2) is 24.3 Å². The number of hydrogen-bond acceptors (Lipinski definition) is 3. The number of rotatable bonds is 8. The number of para-hydroxylation sites is 2. The number of halogens is 2. The summed E-state index contributed by atoms with van der Waals surface area (Å²) >= 11 is 0. The molecule has 0 spiro atoms. The summed E-state index contributed by atoms with van der Waals surface area (Å²) in [6, 6.07) is 7.84. The van der Waals surface area contributed by atoms with E-state index in [0.717, 1.165) is 49.1 Å². The Hall–Kier alpha value is -1.30. The summed E-state index contributed by atoms with van der Waals surface area (Å²) < 4.78 is 0. The van der Waals surface area contributed by atoms with E-state index in [1.54, 1.807) is 0 Å². The summed E-state index contributed by atoms with van der Waals surface area (Å²) in [6.07, 6.45) is 4.71. The van der Waals surface area contributed by atoms with Crippen LogP contribution in [0.2, 0.25) is 0 Å². The Kier molecular flexibility index (Phi) is 10.6. The van der Waals surface area contributed by atoms with Gasteiger partial charge in [-0.1, -0.05) is 25.0 Å². The minimum Gasteiger partial charge on any atom is -0.349 e. The molecule has 124 valence electrons. The second kappa shape index (κ2) is 11.3. The molecule has 1 heterocycles. The molecule has 0 fully saturated rings. The number of aromatic nitrogens is 2. The number of amides is 1. The van der Waals surface area contributed by atoms with Gasteiger partial charge < -0.3 is 16.0 Å². The number of fused-ring (bicyclic) bond motifs is 1.